The first-order valence-corrected chi connectivity index (χ1v) is 8.01. The molecule has 0 aromatic heterocycles. The van der Waals surface area contributed by atoms with Gasteiger partial charge in [0, 0.05) is 12.3 Å². The van der Waals surface area contributed by atoms with E-state index >= 15 is 0 Å². The molecule has 1 saturated heterocycles. The van der Waals surface area contributed by atoms with Gasteiger partial charge in [-0.2, -0.15) is 0 Å². The maximum absolute atomic E-state index is 12.1. The molecule has 1 N–H and O–H groups in total. The third-order valence-corrected chi connectivity index (χ3v) is 3.94. The van der Waals surface area contributed by atoms with Crippen LogP contribution in [-0.4, -0.2) is 31.3 Å². The Hall–Kier alpha value is -1.39. The van der Waals surface area contributed by atoms with Crippen LogP contribution in [0.5, 0.6) is 0 Å². The average molecular weight is 305 g/mol. The van der Waals surface area contributed by atoms with Crippen LogP contribution < -0.4 is 5.32 Å². The van der Waals surface area contributed by atoms with Crippen LogP contribution >= 0.6 is 0 Å². The van der Waals surface area contributed by atoms with Gasteiger partial charge >= 0.3 is 0 Å². The predicted molar refractivity (Wildman–Crippen MR) is 88.2 cm³/mol. The second kappa shape index (κ2) is 7.25. The average Bonchev–Trinajstić information content (AvgIpc) is 2.97. The first-order valence-electron chi connectivity index (χ1n) is 8.01. The topological polar surface area (TPSA) is 47.6 Å². The number of rotatable bonds is 5. The predicted octanol–water partition coefficient (Wildman–Crippen LogP) is 3.51. The van der Waals surface area contributed by atoms with Crippen molar-refractivity contribution in [2.24, 2.45) is 0 Å². The van der Waals surface area contributed by atoms with E-state index in [2.05, 4.69) is 26.1 Å². The SMILES string of the molecule is C[C@@H](OC[C@@H]1CCCO1)C(=O)Nc1ccc(C(C)(C)C)cc1. The van der Waals surface area contributed by atoms with E-state index in [0.29, 0.717) is 6.61 Å². The molecule has 1 heterocycles. The van der Waals surface area contributed by atoms with Gasteiger partial charge in [-0.05, 0) is 42.9 Å². The van der Waals surface area contributed by atoms with E-state index < -0.39 is 6.10 Å². The van der Waals surface area contributed by atoms with E-state index in [4.69, 9.17) is 9.47 Å². The minimum Gasteiger partial charge on any atom is -0.376 e. The largest absolute Gasteiger partial charge is 0.376 e. The lowest BCUT2D eigenvalue weighted by Crippen LogP contribution is -2.30. The summed E-state index contributed by atoms with van der Waals surface area (Å²) in [7, 11) is 0. The Morgan fingerprint density at radius 3 is 2.59 bits per heavy atom. The highest BCUT2D eigenvalue weighted by molar-refractivity contribution is 5.93. The summed E-state index contributed by atoms with van der Waals surface area (Å²) in [6, 6.07) is 7.97. The Morgan fingerprint density at radius 2 is 2.05 bits per heavy atom. The molecule has 2 rings (SSSR count). The molecule has 22 heavy (non-hydrogen) atoms. The fourth-order valence-electron chi connectivity index (χ4n) is 2.40. The fourth-order valence-corrected chi connectivity index (χ4v) is 2.40. The van der Waals surface area contributed by atoms with Gasteiger partial charge in [-0.15, -0.1) is 0 Å². The van der Waals surface area contributed by atoms with Crippen molar-refractivity contribution in [2.75, 3.05) is 18.5 Å². The molecule has 122 valence electrons. The molecule has 1 aromatic carbocycles. The third-order valence-electron chi connectivity index (χ3n) is 3.94. The Morgan fingerprint density at radius 1 is 1.36 bits per heavy atom. The molecule has 1 aromatic rings. The van der Waals surface area contributed by atoms with Crippen LogP contribution in [-0.2, 0) is 19.7 Å². The normalized spacial score (nSPS) is 19.9. The van der Waals surface area contributed by atoms with E-state index in [1.54, 1.807) is 6.92 Å². The molecule has 2 atom stereocenters. The van der Waals surface area contributed by atoms with Crippen molar-refractivity contribution in [1.29, 1.82) is 0 Å². The van der Waals surface area contributed by atoms with E-state index in [-0.39, 0.29) is 17.4 Å². The number of benzene rings is 1. The number of anilines is 1. The summed E-state index contributed by atoms with van der Waals surface area (Å²) in [6.45, 7) is 9.56. The summed E-state index contributed by atoms with van der Waals surface area (Å²) in [5.41, 5.74) is 2.15. The van der Waals surface area contributed by atoms with Crippen molar-refractivity contribution in [3.05, 3.63) is 29.8 Å². The molecule has 0 aliphatic carbocycles. The number of hydrogen-bond donors (Lipinski definition) is 1. The zero-order valence-corrected chi connectivity index (χ0v) is 14.0. The Kier molecular flexibility index (Phi) is 5.59. The molecule has 1 amide bonds. The minimum atomic E-state index is -0.480. The lowest BCUT2D eigenvalue weighted by molar-refractivity contribution is -0.128. The summed E-state index contributed by atoms with van der Waals surface area (Å²) >= 11 is 0. The summed E-state index contributed by atoms with van der Waals surface area (Å²) in [5, 5.41) is 2.89. The molecule has 0 radical (unpaired) electrons. The van der Waals surface area contributed by atoms with Crippen LogP contribution in [0.25, 0.3) is 0 Å². The maximum Gasteiger partial charge on any atom is 0.253 e. The quantitative estimate of drug-likeness (QED) is 0.905. The van der Waals surface area contributed by atoms with Crippen LogP contribution in [0.15, 0.2) is 24.3 Å². The summed E-state index contributed by atoms with van der Waals surface area (Å²) in [5.74, 6) is -0.124. The van der Waals surface area contributed by atoms with Gasteiger partial charge in [-0.25, -0.2) is 0 Å². The van der Waals surface area contributed by atoms with Gasteiger partial charge < -0.3 is 14.8 Å². The fraction of sp³-hybridized carbons (Fsp3) is 0.611. The van der Waals surface area contributed by atoms with Crippen molar-refractivity contribution in [2.45, 2.75) is 58.2 Å². The van der Waals surface area contributed by atoms with E-state index in [0.717, 1.165) is 25.1 Å². The van der Waals surface area contributed by atoms with Crippen molar-refractivity contribution in [3.63, 3.8) is 0 Å². The van der Waals surface area contributed by atoms with Crippen LogP contribution in [0.1, 0.15) is 46.1 Å². The van der Waals surface area contributed by atoms with Gasteiger partial charge in [0.05, 0.1) is 12.7 Å². The standard InChI is InChI=1S/C18H27NO3/c1-13(22-12-16-6-5-11-21-16)17(20)19-15-9-7-14(8-10-15)18(2,3)4/h7-10,13,16H,5-6,11-12H2,1-4H3,(H,19,20)/t13-,16+/m1/s1. The first kappa shape index (κ1) is 17.0. The Bertz CT molecular complexity index is 484. The lowest BCUT2D eigenvalue weighted by Gasteiger charge is -2.20. The number of nitrogens with one attached hydrogen (secondary N) is 1. The number of carbonyl (C=O) groups excluding carboxylic acids is 1. The Labute approximate surface area is 133 Å². The highest BCUT2D eigenvalue weighted by Gasteiger charge is 2.20. The number of carbonyl (C=O) groups is 1. The van der Waals surface area contributed by atoms with Gasteiger partial charge in [0.15, 0.2) is 0 Å². The third kappa shape index (κ3) is 4.82. The van der Waals surface area contributed by atoms with Crippen LogP contribution in [0.4, 0.5) is 5.69 Å². The van der Waals surface area contributed by atoms with Gasteiger partial charge in [-0.1, -0.05) is 32.9 Å². The molecule has 1 aliphatic heterocycles. The monoisotopic (exact) mass is 305 g/mol. The van der Waals surface area contributed by atoms with Crippen LogP contribution in [0, 0.1) is 0 Å². The number of hydrogen-bond acceptors (Lipinski definition) is 3. The maximum atomic E-state index is 12.1. The van der Waals surface area contributed by atoms with E-state index in [1.165, 1.54) is 5.56 Å². The molecule has 0 unspecified atom stereocenters. The van der Waals surface area contributed by atoms with Gasteiger partial charge in [0.25, 0.3) is 5.91 Å². The van der Waals surface area contributed by atoms with E-state index in [9.17, 15) is 4.79 Å². The molecule has 1 aliphatic rings. The molecule has 4 nitrogen and oxygen atoms in total. The highest BCUT2D eigenvalue weighted by atomic mass is 16.5. The number of ether oxygens (including phenoxy) is 2. The second-order valence-electron chi connectivity index (χ2n) is 6.93. The molecule has 4 heteroatoms. The summed E-state index contributed by atoms with van der Waals surface area (Å²) < 4.78 is 11.1. The van der Waals surface area contributed by atoms with Gasteiger partial charge in [0.2, 0.25) is 0 Å². The second-order valence-corrected chi connectivity index (χ2v) is 6.93. The summed E-state index contributed by atoms with van der Waals surface area (Å²) in [4.78, 5) is 12.1. The molecule has 0 bridgehead atoms. The zero-order valence-electron chi connectivity index (χ0n) is 14.0. The summed E-state index contributed by atoms with van der Waals surface area (Å²) in [6.07, 6.45) is 1.75. The number of amides is 1. The lowest BCUT2D eigenvalue weighted by atomic mass is 9.87. The minimum absolute atomic E-state index is 0.111. The van der Waals surface area contributed by atoms with Crippen molar-refractivity contribution < 1.29 is 14.3 Å². The molecule has 1 fully saturated rings. The molecular weight excluding hydrogens is 278 g/mol. The smallest absolute Gasteiger partial charge is 0.253 e. The zero-order chi connectivity index (χ0) is 16.2. The van der Waals surface area contributed by atoms with Crippen molar-refractivity contribution >= 4 is 11.6 Å². The Balaban J connectivity index is 1.82. The van der Waals surface area contributed by atoms with Gasteiger partial charge in [0.1, 0.15) is 6.10 Å². The van der Waals surface area contributed by atoms with E-state index in [1.807, 2.05) is 24.3 Å². The van der Waals surface area contributed by atoms with Crippen LogP contribution in [0.2, 0.25) is 0 Å². The van der Waals surface area contributed by atoms with Gasteiger partial charge in [-0.3, -0.25) is 4.79 Å². The molecule has 0 saturated carbocycles. The van der Waals surface area contributed by atoms with Crippen molar-refractivity contribution in [1.82, 2.24) is 0 Å². The first-order chi connectivity index (χ1) is 10.4. The van der Waals surface area contributed by atoms with Crippen molar-refractivity contribution in [3.8, 4) is 0 Å². The van der Waals surface area contributed by atoms with Crippen LogP contribution in [0.3, 0.4) is 0 Å². The molecule has 0 spiro atoms. The highest BCUT2D eigenvalue weighted by Crippen LogP contribution is 2.23. The molecular formula is C18H27NO3.